The van der Waals surface area contributed by atoms with Crippen LogP contribution >= 0.6 is 11.6 Å². The molecule has 0 spiro atoms. The lowest BCUT2D eigenvalue weighted by molar-refractivity contribution is -0.138. The highest BCUT2D eigenvalue weighted by Crippen LogP contribution is 2.21. The molecule has 0 saturated heterocycles. The van der Waals surface area contributed by atoms with Crippen molar-refractivity contribution in [1.82, 2.24) is 4.90 Å². The number of ether oxygens (including phenoxy) is 1. The summed E-state index contributed by atoms with van der Waals surface area (Å²) in [5.74, 6) is 1.16. The van der Waals surface area contributed by atoms with Crippen LogP contribution in [-0.2, 0) is 4.79 Å². The molecule has 4 heteroatoms. The van der Waals surface area contributed by atoms with Crippen LogP contribution in [-0.4, -0.2) is 36.9 Å². The smallest absolute Gasteiger partial charge is 0.229 e. The number of nitrogens with zero attached hydrogens (tertiary/aromatic N) is 1. The van der Waals surface area contributed by atoms with E-state index in [4.69, 9.17) is 16.3 Å². The summed E-state index contributed by atoms with van der Waals surface area (Å²) in [4.78, 5) is 13.9. The molecule has 22 heavy (non-hydrogen) atoms. The number of carbonyl (C=O) groups is 1. The zero-order valence-electron chi connectivity index (χ0n) is 13.3. The molecular weight excluding hydrogens is 298 g/mol. The van der Waals surface area contributed by atoms with Gasteiger partial charge in [-0.05, 0) is 36.8 Å². The van der Waals surface area contributed by atoms with E-state index in [1.807, 2.05) is 44.2 Å². The first-order valence-electron chi connectivity index (χ1n) is 7.37. The molecule has 0 heterocycles. The Kier molecular flexibility index (Phi) is 5.30. The molecule has 2 aromatic rings. The number of likely N-dealkylation sites (N-methyl/N-ethyl adjacent to an activating group) is 1. The molecule has 0 aliphatic heterocycles. The maximum Gasteiger partial charge on any atom is 0.229 e. The lowest BCUT2D eigenvalue weighted by Crippen LogP contribution is -2.41. The Balaban J connectivity index is 1.91. The molecule has 0 fully saturated rings. The molecule has 0 unspecified atom stereocenters. The van der Waals surface area contributed by atoms with Crippen LogP contribution in [0.25, 0.3) is 10.8 Å². The number of hydrogen-bond donors (Lipinski definition) is 0. The van der Waals surface area contributed by atoms with E-state index >= 15 is 0 Å². The second-order valence-electron chi connectivity index (χ2n) is 6.10. The molecule has 0 aliphatic carbocycles. The SMILES string of the molecule is CN(CCOc1ccc2ccccc2c1)C(=O)C(C)(C)CCl. The number of alkyl halides is 1. The first-order valence-corrected chi connectivity index (χ1v) is 7.90. The van der Waals surface area contributed by atoms with Crippen LogP contribution in [0.2, 0.25) is 0 Å². The zero-order valence-corrected chi connectivity index (χ0v) is 14.1. The first kappa shape index (κ1) is 16.6. The lowest BCUT2D eigenvalue weighted by Gasteiger charge is -2.27. The van der Waals surface area contributed by atoms with Gasteiger partial charge in [-0.1, -0.05) is 30.3 Å². The maximum absolute atomic E-state index is 12.2. The van der Waals surface area contributed by atoms with Gasteiger partial charge in [0.15, 0.2) is 0 Å². The van der Waals surface area contributed by atoms with Crippen molar-refractivity contribution in [1.29, 1.82) is 0 Å². The highest BCUT2D eigenvalue weighted by molar-refractivity contribution is 6.19. The van der Waals surface area contributed by atoms with Crippen molar-refractivity contribution >= 4 is 28.3 Å². The molecule has 0 aromatic heterocycles. The van der Waals surface area contributed by atoms with Crippen LogP contribution in [0.5, 0.6) is 5.75 Å². The van der Waals surface area contributed by atoms with Crippen molar-refractivity contribution in [2.24, 2.45) is 5.41 Å². The standard InChI is InChI=1S/C18H22ClNO2/c1-18(2,13-19)17(21)20(3)10-11-22-16-9-8-14-6-4-5-7-15(14)12-16/h4-9,12H,10-11,13H2,1-3H3. The Labute approximate surface area is 136 Å². The van der Waals surface area contributed by atoms with Gasteiger partial charge in [0.25, 0.3) is 0 Å². The fourth-order valence-electron chi connectivity index (χ4n) is 2.23. The molecule has 0 bridgehead atoms. The van der Waals surface area contributed by atoms with Crippen LogP contribution in [0.4, 0.5) is 0 Å². The third-order valence-corrected chi connectivity index (χ3v) is 4.34. The zero-order chi connectivity index (χ0) is 16.2. The Morgan fingerprint density at radius 3 is 2.55 bits per heavy atom. The van der Waals surface area contributed by atoms with E-state index in [9.17, 15) is 4.79 Å². The molecule has 0 atom stereocenters. The minimum Gasteiger partial charge on any atom is -0.492 e. The van der Waals surface area contributed by atoms with Crippen molar-refractivity contribution in [3.8, 4) is 5.75 Å². The quantitative estimate of drug-likeness (QED) is 0.755. The summed E-state index contributed by atoms with van der Waals surface area (Å²) in [5.41, 5.74) is -0.542. The number of halogens is 1. The summed E-state index contributed by atoms with van der Waals surface area (Å²) >= 11 is 5.84. The van der Waals surface area contributed by atoms with E-state index in [0.29, 0.717) is 19.0 Å². The van der Waals surface area contributed by atoms with Crippen LogP contribution in [0, 0.1) is 5.41 Å². The highest BCUT2D eigenvalue weighted by atomic mass is 35.5. The van der Waals surface area contributed by atoms with E-state index in [0.717, 1.165) is 11.1 Å². The predicted octanol–water partition coefficient (Wildman–Crippen LogP) is 3.94. The van der Waals surface area contributed by atoms with Crippen LogP contribution in [0.3, 0.4) is 0 Å². The number of carbonyl (C=O) groups excluding carboxylic acids is 1. The second kappa shape index (κ2) is 7.01. The second-order valence-corrected chi connectivity index (χ2v) is 6.37. The molecule has 0 radical (unpaired) electrons. The third kappa shape index (κ3) is 3.92. The molecule has 2 aromatic carbocycles. The Morgan fingerprint density at radius 1 is 1.18 bits per heavy atom. The summed E-state index contributed by atoms with van der Waals surface area (Å²) in [6.07, 6.45) is 0. The van der Waals surface area contributed by atoms with Gasteiger partial charge < -0.3 is 9.64 Å². The number of benzene rings is 2. The van der Waals surface area contributed by atoms with Gasteiger partial charge >= 0.3 is 0 Å². The van der Waals surface area contributed by atoms with Crippen molar-refractivity contribution in [2.45, 2.75) is 13.8 Å². The van der Waals surface area contributed by atoms with Crippen molar-refractivity contribution in [2.75, 3.05) is 26.1 Å². The van der Waals surface area contributed by atoms with Gasteiger partial charge in [0.1, 0.15) is 12.4 Å². The Hall–Kier alpha value is -1.74. The molecule has 2 rings (SSSR count). The molecule has 3 nitrogen and oxygen atoms in total. The molecule has 0 N–H and O–H groups in total. The average molecular weight is 320 g/mol. The van der Waals surface area contributed by atoms with Gasteiger partial charge in [0.05, 0.1) is 12.0 Å². The van der Waals surface area contributed by atoms with E-state index in [2.05, 4.69) is 12.1 Å². The fraction of sp³-hybridized carbons (Fsp3) is 0.389. The third-order valence-electron chi connectivity index (χ3n) is 3.68. The minimum absolute atomic E-state index is 0.0320. The van der Waals surface area contributed by atoms with Crippen molar-refractivity contribution in [3.63, 3.8) is 0 Å². The van der Waals surface area contributed by atoms with E-state index in [1.54, 1.807) is 11.9 Å². The van der Waals surface area contributed by atoms with Gasteiger partial charge in [-0.2, -0.15) is 0 Å². The van der Waals surface area contributed by atoms with Crippen LogP contribution in [0.15, 0.2) is 42.5 Å². The molecular formula is C18H22ClNO2. The van der Waals surface area contributed by atoms with Crippen LogP contribution < -0.4 is 4.74 Å². The summed E-state index contributed by atoms with van der Waals surface area (Å²) in [6, 6.07) is 14.2. The van der Waals surface area contributed by atoms with E-state index in [1.165, 1.54) is 5.39 Å². The number of hydrogen-bond acceptors (Lipinski definition) is 2. The van der Waals surface area contributed by atoms with Crippen molar-refractivity contribution < 1.29 is 9.53 Å². The molecule has 1 amide bonds. The largest absolute Gasteiger partial charge is 0.492 e. The minimum atomic E-state index is -0.542. The van der Waals surface area contributed by atoms with Gasteiger partial charge in [0.2, 0.25) is 5.91 Å². The summed E-state index contributed by atoms with van der Waals surface area (Å²) in [7, 11) is 1.78. The summed E-state index contributed by atoms with van der Waals surface area (Å²) in [6.45, 7) is 4.69. The first-order chi connectivity index (χ1) is 10.4. The lowest BCUT2D eigenvalue weighted by atomic mass is 9.94. The van der Waals surface area contributed by atoms with E-state index < -0.39 is 5.41 Å². The van der Waals surface area contributed by atoms with Crippen molar-refractivity contribution in [3.05, 3.63) is 42.5 Å². The summed E-state index contributed by atoms with van der Waals surface area (Å²) < 4.78 is 5.75. The van der Waals surface area contributed by atoms with Crippen LogP contribution in [0.1, 0.15) is 13.8 Å². The Bertz CT molecular complexity index is 654. The molecule has 118 valence electrons. The fourth-order valence-corrected chi connectivity index (χ4v) is 2.35. The number of rotatable bonds is 6. The van der Waals surface area contributed by atoms with Gasteiger partial charge in [-0.3, -0.25) is 4.79 Å². The number of amides is 1. The normalized spacial score (nSPS) is 11.5. The molecule has 0 saturated carbocycles. The van der Waals surface area contributed by atoms with Gasteiger partial charge in [0, 0.05) is 12.9 Å². The number of fused-ring (bicyclic) bond motifs is 1. The average Bonchev–Trinajstić information content (AvgIpc) is 2.53. The predicted molar refractivity (Wildman–Crippen MR) is 91.6 cm³/mol. The topological polar surface area (TPSA) is 29.5 Å². The van der Waals surface area contributed by atoms with Gasteiger partial charge in [-0.25, -0.2) is 0 Å². The highest BCUT2D eigenvalue weighted by Gasteiger charge is 2.29. The van der Waals surface area contributed by atoms with Gasteiger partial charge in [-0.15, -0.1) is 11.6 Å². The maximum atomic E-state index is 12.2. The van der Waals surface area contributed by atoms with E-state index in [-0.39, 0.29) is 5.91 Å². The monoisotopic (exact) mass is 319 g/mol. The Morgan fingerprint density at radius 2 is 1.86 bits per heavy atom. The summed E-state index contributed by atoms with van der Waals surface area (Å²) in [5, 5.41) is 2.33. The molecule has 0 aliphatic rings.